The summed E-state index contributed by atoms with van der Waals surface area (Å²) in [4.78, 5) is 15.5. The molecule has 0 N–H and O–H groups in total. The van der Waals surface area contributed by atoms with Crippen molar-refractivity contribution in [2.75, 3.05) is 32.1 Å². The van der Waals surface area contributed by atoms with Crippen LogP contribution in [0.25, 0.3) is 0 Å². The van der Waals surface area contributed by atoms with E-state index in [1.165, 1.54) is 0 Å². The van der Waals surface area contributed by atoms with Crippen LogP contribution in [-0.2, 0) is 4.79 Å². The van der Waals surface area contributed by atoms with Crippen molar-refractivity contribution >= 4 is 11.6 Å². The fourth-order valence-corrected chi connectivity index (χ4v) is 1.84. The summed E-state index contributed by atoms with van der Waals surface area (Å²) in [7, 11) is 3.52. The number of nitrogens with zero attached hydrogens (tertiary/aromatic N) is 3. The van der Waals surface area contributed by atoms with Gasteiger partial charge in [-0.05, 0) is 37.1 Å². The van der Waals surface area contributed by atoms with Crippen LogP contribution in [0.15, 0.2) is 18.2 Å². The Kier molecular flexibility index (Phi) is 5.37. The topological polar surface area (TPSA) is 47.3 Å². The highest BCUT2D eigenvalue weighted by molar-refractivity contribution is 5.81. The Morgan fingerprint density at radius 3 is 2.53 bits per heavy atom. The van der Waals surface area contributed by atoms with E-state index in [4.69, 9.17) is 5.26 Å². The van der Waals surface area contributed by atoms with Gasteiger partial charge >= 0.3 is 0 Å². The minimum absolute atomic E-state index is 0.0791. The van der Waals surface area contributed by atoms with Crippen molar-refractivity contribution in [2.45, 2.75) is 20.3 Å². The minimum atomic E-state index is 0.0791. The molecule has 0 radical (unpaired) electrons. The lowest BCUT2D eigenvalue weighted by Crippen LogP contribution is -2.37. The fraction of sp³-hybridized carbons (Fsp3) is 0.467. The van der Waals surface area contributed by atoms with E-state index in [2.05, 4.69) is 17.9 Å². The molecule has 0 aliphatic carbocycles. The molecule has 4 heteroatoms. The van der Waals surface area contributed by atoms with Crippen molar-refractivity contribution in [3.63, 3.8) is 0 Å². The molecule has 0 fully saturated rings. The van der Waals surface area contributed by atoms with Crippen LogP contribution in [0.3, 0.4) is 0 Å². The molecule has 1 aromatic carbocycles. The number of hydrogen-bond acceptors (Lipinski definition) is 3. The van der Waals surface area contributed by atoms with E-state index in [0.717, 1.165) is 24.2 Å². The van der Waals surface area contributed by atoms with Crippen molar-refractivity contribution in [3.05, 3.63) is 29.3 Å². The second-order valence-electron chi connectivity index (χ2n) is 4.82. The van der Waals surface area contributed by atoms with Crippen LogP contribution in [0.4, 0.5) is 5.69 Å². The number of anilines is 1. The van der Waals surface area contributed by atoms with Crippen LogP contribution >= 0.6 is 0 Å². The first-order valence-electron chi connectivity index (χ1n) is 6.45. The molecule has 0 heterocycles. The average Bonchev–Trinajstić information content (AvgIpc) is 2.37. The number of hydrogen-bond donors (Lipinski definition) is 0. The molecular formula is C15H21N3O. The molecule has 19 heavy (non-hydrogen) atoms. The number of aryl methyl sites for hydroxylation is 1. The van der Waals surface area contributed by atoms with Gasteiger partial charge in [0, 0.05) is 26.3 Å². The normalized spacial score (nSPS) is 9.84. The van der Waals surface area contributed by atoms with Crippen LogP contribution < -0.4 is 4.90 Å². The first-order valence-corrected chi connectivity index (χ1v) is 6.45. The molecule has 0 aliphatic rings. The second kappa shape index (κ2) is 6.79. The molecule has 0 atom stereocenters. The highest BCUT2D eigenvalue weighted by Crippen LogP contribution is 2.19. The zero-order valence-electron chi connectivity index (χ0n) is 12.1. The number of rotatable bonds is 5. The van der Waals surface area contributed by atoms with Crippen LogP contribution in [0.2, 0.25) is 0 Å². The van der Waals surface area contributed by atoms with Gasteiger partial charge in [-0.3, -0.25) is 4.79 Å². The molecule has 0 bridgehead atoms. The average molecular weight is 259 g/mol. The largest absolute Gasteiger partial charge is 0.362 e. The van der Waals surface area contributed by atoms with Gasteiger partial charge in [0.15, 0.2) is 0 Å². The molecule has 1 rings (SSSR count). The molecule has 102 valence electrons. The van der Waals surface area contributed by atoms with Gasteiger partial charge in [-0.1, -0.05) is 6.92 Å². The van der Waals surface area contributed by atoms with Crippen LogP contribution in [0, 0.1) is 18.3 Å². The maximum atomic E-state index is 11.8. The Balaban J connectivity index is 2.96. The first kappa shape index (κ1) is 15.0. The molecule has 1 amide bonds. The predicted molar refractivity (Wildman–Crippen MR) is 77.1 cm³/mol. The number of carbonyl (C=O) groups excluding carboxylic acids is 1. The lowest BCUT2D eigenvalue weighted by Gasteiger charge is -2.25. The quantitative estimate of drug-likeness (QED) is 0.814. The molecular weight excluding hydrogens is 238 g/mol. The monoisotopic (exact) mass is 259 g/mol. The predicted octanol–water partition coefficient (Wildman–Crippen LogP) is 2.17. The Morgan fingerprint density at radius 1 is 1.37 bits per heavy atom. The molecule has 4 nitrogen and oxygen atoms in total. The molecule has 0 aliphatic heterocycles. The smallest absolute Gasteiger partial charge is 0.241 e. The highest BCUT2D eigenvalue weighted by atomic mass is 16.2. The van der Waals surface area contributed by atoms with Crippen LogP contribution in [0.1, 0.15) is 24.5 Å². The molecule has 0 unspecified atom stereocenters. The minimum Gasteiger partial charge on any atom is -0.362 e. The standard InChI is InChI=1S/C15H21N3O/c1-5-8-18(11-15(19)17(3)4)14-7-6-13(10-16)12(2)9-14/h6-7,9H,5,8,11H2,1-4H3. The molecule has 0 aromatic heterocycles. The van der Waals surface area contributed by atoms with Gasteiger partial charge in [0.25, 0.3) is 0 Å². The highest BCUT2D eigenvalue weighted by Gasteiger charge is 2.13. The lowest BCUT2D eigenvalue weighted by atomic mass is 10.1. The van der Waals surface area contributed by atoms with Gasteiger partial charge in [-0.25, -0.2) is 0 Å². The zero-order valence-corrected chi connectivity index (χ0v) is 12.1. The van der Waals surface area contributed by atoms with E-state index in [1.807, 2.05) is 25.1 Å². The molecule has 0 spiro atoms. The lowest BCUT2D eigenvalue weighted by molar-refractivity contribution is -0.127. The third kappa shape index (κ3) is 3.99. The van der Waals surface area contributed by atoms with Crippen molar-refractivity contribution in [3.8, 4) is 6.07 Å². The van der Waals surface area contributed by atoms with E-state index >= 15 is 0 Å². The van der Waals surface area contributed by atoms with Crippen LogP contribution in [0.5, 0.6) is 0 Å². The Labute approximate surface area is 115 Å². The van der Waals surface area contributed by atoms with Crippen LogP contribution in [-0.4, -0.2) is 38.0 Å². The Hall–Kier alpha value is -2.02. The van der Waals surface area contributed by atoms with E-state index in [9.17, 15) is 4.79 Å². The third-order valence-electron chi connectivity index (χ3n) is 3.01. The third-order valence-corrected chi connectivity index (χ3v) is 3.01. The molecule has 0 saturated heterocycles. The Morgan fingerprint density at radius 2 is 2.05 bits per heavy atom. The van der Waals surface area contributed by atoms with Crippen molar-refractivity contribution in [2.24, 2.45) is 0 Å². The second-order valence-corrected chi connectivity index (χ2v) is 4.82. The number of amides is 1. The summed E-state index contributed by atoms with van der Waals surface area (Å²) in [5.74, 6) is 0.0791. The van der Waals surface area contributed by atoms with E-state index < -0.39 is 0 Å². The first-order chi connectivity index (χ1) is 8.99. The number of likely N-dealkylation sites (N-methyl/N-ethyl adjacent to an activating group) is 1. The number of benzene rings is 1. The summed E-state index contributed by atoms with van der Waals surface area (Å²) in [6, 6.07) is 7.85. The van der Waals surface area contributed by atoms with Gasteiger partial charge in [0.1, 0.15) is 0 Å². The van der Waals surface area contributed by atoms with E-state index in [-0.39, 0.29) is 5.91 Å². The van der Waals surface area contributed by atoms with Gasteiger partial charge in [0.05, 0.1) is 18.2 Å². The van der Waals surface area contributed by atoms with Crippen molar-refractivity contribution < 1.29 is 4.79 Å². The molecule has 1 aromatic rings. The van der Waals surface area contributed by atoms with Crippen molar-refractivity contribution in [1.82, 2.24) is 4.90 Å². The summed E-state index contributed by atoms with van der Waals surface area (Å²) in [5, 5.41) is 8.95. The van der Waals surface area contributed by atoms with E-state index in [0.29, 0.717) is 12.1 Å². The van der Waals surface area contributed by atoms with Crippen molar-refractivity contribution in [1.29, 1.82) is 5.26 Å². The maximum absolute atomic E-state index is 11.8. The Bertz CT molecular complexity index is 489. The number of carbonyl (C=O) groups is 1. The maximum Gasteiger partial charge on any atom is 0.241 e. The van der Waals surface area contributed by atoms with Gasteiger partial charge in [0.2, 0.25) is 5.91 Å². The van der Waals surface area contributed by atoms with E-state index in [1.54, 1.807) is 19.0 Å². The number of nitriles is 1. The summed E-state index contributed by atoms with van der Waals surface area (Å²) < 4.78 is 0. The summed E-state index contributed by atoms with van der Waals surface area (Å²) in [5.41, 5.74) is 2.62. The summed E-state index contributed by atoms with van der Waals surface area (Å²) >= 11 is 0. The van der Waals surface area contributed by atoms with Gasteiger partial charge in [-0.2, -0.15) is 5.26 Å². The SMILES string of the molecule is CCCN(CC(=O)N(C)C)c1ccc(C#N)c(C)c1. The fourth-order valence-electron chi connectivity index (χ4n) is 1.84. The van der Waals surface area contributed by atoms with Gasteiger partial charge in [-0.15, -0.1) is 0 Å². The zero-order chi connectivity index (χ0) is 14.4. The summed E-state index contributed by atoms with van der Waals surface area (Å²) in [6.45, 7) is 5.20. The molecule has 0 saturated carbocycles. The summed E-state index contributed by atoms with van der Waals surface area (Å²) in [6.07, 6.45) is 0.972. The van der Waals surface area contributed by atoms with Gasteiger partial charge < -0.3 is 9.80 Å².